The molecule has 2 rings (SSSR count). The number of carboxylic acid groups (broad SMARTS) is 1. The lowest BCUT2D eigenvalue weighted by molar-refractivity contribution is 0.0685. The minimum absolute atomic E-state index is 0.388. The molecule has 1 N–H and O–H groups in total. The molecule has 1 aromatic heterocycles. The Labute approximate surface area is 101 Å². The molecule has 3 heteroatoms. The van der Waals surface area contributed by atoms with E-state index in [-0.39, 0.29) is 0 Å². The molecule has 0 aliphatic heterocycles. The fourth-order valence-electron chi connectivity index (χ4n) is 2.12. The van der Waals surface area contributed by atoms with Gasteiger partial charge in [0.1, 0.15) is 5.69 Å². The van der Waals surface area contributed by atoms with Crippen molar-refractivity contribution < 1.29 is 9.90 Å². The third kappa shape index (κ3) is 2.18. The lowest BCUT2D eigenvalue weighted by Gasteiger charge is -2.07. The maximum absolute atomic E-state index is 11.2. The summed E-state index contributed by atoms with van der Waals surface area (Å²) in [7, 11) is 0. The molecule has 0 aliphatic rings. The second kappa shape index (κ2) is 4.62. The smallest absolute Gasteiger partial charge is 0.352 e. The van der Waals surface area contributed by atoms with Crippen molar-refractivity contribution >= 4 is 16.9 Å². The summed E-state index contributed by atoms with van der Waals surface area (Å²) in [6.45, 7) is 4.89. The Kier molecular flexibility index (Phi) is 3.18. The molecule has 17 heavy (non-hydrogen) atoms. The first-order valence-corrected chi connectivity index (χ1v) is 5.96. The van der Waals surface area contributed by atoms with Crippen molar-refractivity contribution in [1.29, 1.82) is 0 Å². The first-order valence-electron chi connectivity index (χ1n) is 5.96. The normalized spacial score (nSPS) is 10.9. The summed E-state index contributed by atoms with van der Waals surface area (Å²) in [5.41, 5.74) is 2.56. The maximum Gasteiger partial charge on any atom is 0.352 e. The van der Waals surface area contributed by atoms with E-state index < -0.39 is 5.97 Å². The molecule has 3 nitrogen and oxygen atoms in total. The Hall–Kier alpha value is -1.77. The average Bonchev–Trinajstić information content (AvgIpc) is 2.64. The minimum Gasteiger partial charge on any atom is -0.477 e. The number of aryl methyl sites for hydroxylation is 2. The van der Waals surface area contributed by atoms with Crippen LogP contribution in [0.4, 0.5) is 0 Å². The van der Waals surface area contributed by atoms with Crippen LogP contribution in [0.2, 0.25) is 0 Å². The summed E-state index contributed by atoms with van der Waals surface area (Å²) in [6, 6.07) is 7.83. The van der Waals surface area contributed by atoms with Crippen LogP contribution in [0.1, 0.15) is 35.8 Å². The number of rotatable bonds is 4. The summed E-state index contributed by atoms with van der Waals surface area (Å²) < 4.78 is 1.90. The van der Waals surface area contributed by atoms with E-state index in [0.29, 0.717) is 5.69 Å². The van der Waals surface area contributed by atoms with Gasteiger partial charge in [-0.05, 0) is 31.5 Å². The number of benzene rings is 1. The van der Waals surface area contributed by atoms with Crippen molar-refractivity contribution in [1.82, 2.24) is 4.57 Å². The number of aromatic carboxylic acids is 1. The lowest BCUT2D eigenvalue weighted by Crippen LogP contribution is -2.08. The van der Waals surface area contributed by atoms with Crippen molar-refractivity contribution in [2.45, 2.75) is 33.2 Å². The zero-order valence-electron chi connectivity index (χ0n) is 10.2. The van der Waals surface area contributed by atoms with E-state index in [1.54, 1.807) is 6.07 Å². The van der Waals surface area contributed by atoms with Crippen LogP contribution in [0, 0.1) is 6.92 Å². The van der Waals surface area contributed by atoms with Gasteiger partial charge in [0.2, 0.25) is 0 Å². The summed E-state index contributed by atoms with van der Waals surface area (Å²) in [6.07, 6.45) is 2.06. The lowest BCUT2D eigenvalue weighted by atomic mass is 10.2. The second-order valence-corrected chi connectivity index (χ2v) is 4.40. The number of hydrogen-bond acceptors (Lipinski definition) is 1. The van der Waals surface area contributed by atoms with Crippen LogP contribution in [0.5, 0.6) is 0 Å². The fourth-order valence-corrected chi connectivity index (χ4v) is 2.12. The molecule has 1 aromatic carbocycles. The standard InChI is InChI=1S/C14H17NO2/c1-3-4-7-15-12-6-5-10(2)8-11(12)9-13(15)14(16)17/h5-6,8-9H,3-4,7H2,1-2H3,(H,16,17). The Morgan fingerprint density at radius 3 is 2.76 bits per heavy atom. The molecule has 2 aromatic rings. The Bertz CT molecular complexity index is 555. The van der Waals surface area contributed by atoms with Crippen molar-refractivity contribution in [3.8, 4) is 0 Å². The highest BCUT2D eigenvalue weighted by molar-refractivity contribution is 5.94. The molecular weight excluding hydrogens is 214 g/mol. The molecule has 0 aliphatic carbocycles. The van der Waals surface area contributed by atoms with Crippen molar-refractivity contribution in [3.05, 3.63) is 35.5 Å². The average molecular weight is 231 g/mol. The molecule has 90 valence electrons. The van der Waals surface area contributed by atoms with Crippen molar-refractivity contribution in [3.63, 3.8) is 0 Å². The van der Waals surface area contributed by atoms with E-state index >= 15 is 0 Å². The number of nitrogens with zero attached hydrogens (tertiary/aromatic N) is 1. The molecule has 0 unspecified atom stereocenters. The molecular formula is C14H17NO2. The van der Waals surface area contributed by atoms with Crippen LogP contribution >= 0.6 is 0 Å². The summed E-state index contributed by atoms with van der Waals surface area (Å²) >= 11 is 0. The van der Waals surface area contributed by atoms with Gasteiger partial charge < -0.3 is 9.67 Å². The van der Waals surface area contributed by atoms with Gasteiger partial charge in [-0.1, -0.05) is 25.0 Å². The number of carboxylic acids is 1. The molecule has 0 saturated carbocycles. The van der Waals surface area contributed by atoms with Gasteiger partial charge in [-0.2, -0.15) is 0 Å². The Balaban J connectivity index is 2.58. The molecule has 0 atom stereocenters. The predicted octanol–water partition coefficient (Wildman–Crippen LogP) is 3.45. The zero-order valence-corrected chi connectivity index (χ0v) is 10.2. The number of hydrogen-bond donors (Lipinski definition) is 1. The molecule has 1 heterocycles. The van der Waals surface area contributed by atoms with E-state index in [2.05, 4.69) is 6.92 Å². The van der Waals surface area contributed by atoms with Gasteiger partial charge in [-0.3, -0.25) is 0 Å². The minimum atomic E-state index is -0.852. The van der Waals surface area contributed by atoms with Gasteiger partial charge >= 0.3 is 5.97 Å². The molecule has 0 saturated heterocycles. The number of aromatic nitrogens is 1. The van der Waals surface area contributed by atoms with E-state index in [4.69, 9.17) is 0 Å². The van der Waals surface area contributed by atoms with E-state index in [1.165, 1.54) is 0 Å². The van der Waals surface area contributed by atoms with Gasteiger partial charge in [0.05, 0.1) is 0 Å². The van der Waals surface area contributed by atoms with Crippen molar-refractivity contribution in [2.24, 2.45) is 0 Å². The molecule has 0 bridgehead atoms. The topological polar surface area (TPSA) is 42.2 Å². The number of fused-ring (bicyclic) bond motifs is 1. The van der Waals surface area contributed by atoms with Gasteiger partial charge in [0, 0.05) is 17.4 Å². The summed E-state index contributed by atoms with van der Waals surface area (Å²) in [5.74, 6) is -0.852. The number of carbonyl (C=O) groups is 1. The molecule has 0 fully saturated rings. The van der Waals surface area contributed by atoms with Crippen LogP contribution < -0.4 is 0 Å². The number of unbranched alkanes of at least 4 members (excludes halogenated alkanes) is 1. The van der Waals surface area contributed by atoms with Crippen LogP contribution in [-0.4, -0.2) is 15.6 Å². The fraction of sp³-hybridized carbons (Fsp3) is 0.357. The predicted molar refractivity (Wildman–Crippen MR) is 68.5 cm³/mol. The quantitative estimate of drug-likeness (QED) is 0.875. The first kappa shape index (κ1) is 11.7. The maximum atomic E-state index is 11.2. The van der Waals surface area contributed by atoms with Gasteiger partial charge in [0.25, 0.3) is 0 Å². The summed E-state index contributed by atoms with van der Waals surface area (Å²) in [5, 5.41) is 10.2. The third-order valence-electron chi connectivity index (χ3n) is 3.01. The van der Waals surface area contributed by atoms with Crippen LogP contribution in [-0.2, 0) is 6.54 Å². The van der Waals surface area contributed by atoms with E-state index in [9.17, 15) is 9.90 Å². The van der Waals surface area contributed by atoms with Crippen LogP contribution in [0.3, 0.4) is 0 Å². The summed E-state index contributed by atoms with van der Waals surface area (Å²) in [4.78, 5) is 11.2. The van der Waals surface area contributed by atoms with Gasteiger partial charge in [0.15, 0.2) is 0 Å². The molecule has 0 spiro atoms. The van der Waals surface area contributed by atoms with Gasteiger partial charge in [-0.25, -0.2) is 4.79 Å². The highest BCUT2D eigenvalue weighted by atomic mass is 16.4. The largest absolute Gasteiger partial charge is 0.477 e. The van der Waals surface area contributed by atoms with E-state index in [0.717, 1.165) is 35.9 Å². The van der Waals surface area contributed by atoms with Gasteiger partial charge in [-0.15, -0.1) is 0 Å². The highest BCUT2D eigenvalue weighted by Crippen LogP contribution is 2.22. The Morgan fingerprint density at radius 1 is 1.35 bits per heavy atom. The molecule has 0 amide bonds. The first-order chi connectivity index (χ1) is 8.13. The Morgan fingerprint density at radius 2 is 2.12 bits per heavy atom. The second-order valence-electron chi connectivity index (χ2n) is 4.40. The monoisotopic (exact) mass is 231 g/mol. The van der Waals surface area contributed by atoms with Crippen LogP contribution in [0.15, 0.2) is 24.3 Å². The van der Waals surface area contributed by atoms with Crippen molar-refractivity contribution in [2.75, 3.05) is 0 Å². The SMILES string of the molecule is CCCCn1c(C(=O)O)cc2cc(C)ccc21. The third-order valence-corrected chi connectivity index (χ3v) is 3.01. The van der Waals surface area contributed by atoms with Crippen LogP contribution in [0.25, 0.3) is 10.9 Å². The molecule has 0 radical (unpaired) electrons. The van der Waals surface area contributed by atoms with E-state index in [1.807, 2.05) is 29.7 Å². The zero-order chi connectivity index (χ0) is 12.4. The highest BCUT2D eigenvalue weighted by Gasteiger charge is 2.13.